The zero-order valence-electron chi connectivity index (χ0n) is 10.3. The molecule has 0 aliphatic heterocycles. The highest BCUT2D eigenvalue weighted by Crippen LogP contribution is 2.18. The topological polar surface area (TPSA) is 59.4 Å². The molecule has 1 aromatic carbocycles. The number of carboxylic acid groups (broad SMARTS) is 1. The highest BCUT2D eigenvalue weighted by molar-refractivity contribution is 5.86. The highest BCUT2D eigenvalue weighted by atomic mass is 19.1. The van der Waals surface area contributed by atoms with Gasteiger partial charge in [0.15, 0.2) is 5.69 Å². The molecule has 0 saturated carbocycles. The first-order chi connectivity index (χ1) is 9.08. The van der Waals surface area contributed by atoms with Crippen LogP contribution in [-0.2, 0) is 6.61 Å². The Balaban J connectivity index is 2.14. The van der Waals surface area contributed by atoms with Gasteiger partial charge >= 0.3 is 5.97 Å². The molecule has 0 fully saturated rings. The fraction of sp³-hybridized carbons (Fsp3) is 0.143. The van der Waals surface area contributed by atoms with Gasteiger partial charge < -0.3 is 9.84 Å². The van der Waals surface area contributed by atoms with E-state index in [-0.39, 0.29) is 18.1 Å². The standard InChI is InChI=1S/C14H12FNO3/c1-9-4-5-11(7-12(9)15)19-8-10-3-2-6-16-13(10)14(17)18/h2-7H,8H2,1H3,(H,17,18). The average molecular weight is 261 g/mol. The second-order valence-corrected chi connectivity index (χ2v) is 4.02. The minimum Gasteiger partial charge on any atom is -0.489 e. The number of ether oxygens (including phenoxy) is 1. The van der Waals surface area contributed by atoms with Gasteiger partial charge in [0.25, 0.3) is 0 Å². The van der Waals surface area contributed by atoms with Crippen LogP contribution >= 0.6 is 0 Å². The van der Waals surface area contributed by atoms with E-state index >= 15 is 0 Å². The SMILES string of the molecule is Cc1ccc(OCc2cccnc2C(=O)O)cc1F. The molecule has 0 bridgehead atoms. The number of halogens is 1. The van der Waals surface area contributed by atoms with Crippen LogP contribution in [0.2, 0.25) is 0 Å². The van der Waals surface area contributed by atoms with E-state index in [1.54, 1.807) is 31.2 Å². The van der Waals surface area contributed by atoms with Gasteiger partial charge in [-0.05, 0) is 24.6 Å². The number of carbonyl (C=O) groups is 1. The molecule has 0 radical (unpaired) electrons. The number of aromatic nitrogens is 1. The normalized spacial score (nSPS) is 10.2. The molecule has 1 heterocycles. The molecule has 5 heteroatoms. The Hall–Kier alpha value is -2.43. The Morgan fingerprint density at radius 1 is 1.42 bits per heavy atom. The fourth-order valence-electron chi connectivity index (χ4n) is 1.57. The van der Waals surface area contributed by atoms with Crippen LogP contribution in [-0.4, -0.2) is 16.1 Å². The first-order valence-electron chi connectivity index (χ1n) is 5.64. The lowest BCUT2D eigenvalue weighted by molar-refractivity contribution is 0.0687. The summed E-state index contributed by atoms with van der Waals surface area (Å²) in [6.45, 7) is 1.68. The number of nitrogens with zero attached hydrogens (tertiary/aromatic N) is 1. The third-order valence-electron chi connectivity index (χ3n) is 2.63. The monoisotopic (exact) mass is 261 g/mol. The van der Waals surface area contributed by atoms with Crippen LogP contribution in [0.15, 0.2) is 36.5 Å². The van der Waals surface area contributed by atoms with Crippen molar-refractivity contribution in [3.8, 4) is 5.75 Å². The summed E-state index contributed by atoms with van der Waals surface area (Å²) in [6, 6.07) is 7.75. The lowest BCUT2D eigenvalue weighted by atomic mass is 10.2. The lowest BCUT2D eigenvalue weighted by Gasteiger charge is -2.08. The van der Waals surface area contributed by atoms with Gasteiger partial charge in [0.1, 0.15) is 18.2 Å². The summed E-state index contributed by atoms with van der Waals surface area (Å²) in [4.78, 5) is 14.7. The van der Waals surface area contributed by atoms with E-state index in [9.17, 15) is 9.18 Å². The molecule has 0 saturated heterocycles. The van der Waals surface area contributed by atoms with Crippen molar-refractivity contribution in [1.82, 2.24) is 4.98 Å². The van der Waals surface area contributed by atoms with Crippen LogP contribution < -0.4 is 4.74 Å². The molecule has 19 heavy (non-hydrogen) atoms. The first kappa shape index (κ1) is 13.0. The van der Waals surface area contributed by atoms with Gasteiger partial charge in [0.2, 0.25) is 0 Å². The number of carboxylic acids is 1. The van der Waals surface area contributed by atoms with Crippen molar-refractivity contribution in [2.75, 3.05) is 0 Å². The van der Waals surface area contributed by atoms with Gasteiger partial charge in [0.05, 0.1) is 0 Å². The number of pyridine rings is 1. The van der Waals surface area contributed by atoms with E-state index in [1.165, 1.54) is 12.3 Å². The van der Waals surface area contributed by atoms with Gasteiger partial charge in [-0.15, -0.1) is 0 Å². The van der Waals surface area contributed by atoms with Crippen LogP contribution in [0.4, 0.5) is 4.39 Å². The average Bonchev–Trinajstić information content (AvgIpc) is 2.40. The van der Waals surface area contributed by atoms with E-state index in [4.69, 9.17) is 9.84 Å². The van der Waals surface area contributed by atoms with Gasteiger partial charge in [-0.25, -0.2) is 14.2 Å². The third kappa shape index (κ3) is 3.07. The largest absolute Gasteiger partial charge is 0.489 e. The van der Waals surface area contributed by atoms with Crippen LogP contribution in [0.5, 0.6) is 5.75 Å². The van der Waals surface area contributed by atoms with Gasteiger partial charge in [-0.3, -0.25) is 0 Å². The van der Waals surface area contributed by atoms with Crippen LogP contribution in [0, 0.1) is 12.7 Å². The van der Waals surface area contributed by atoms with E-state index in [0.717, 1.165) is 0 Å². The van der Waals surface area contributed by atoms with Crippen molar-refractivity contribution in [3.63, 3.8) is 0 Å². The Morgan fingerprint density at radius 3 is 2.89 bits per heavy atom. The highest BCUT2D eigenvalue weighted by Gasteiger charge is 2.11. The van der Waals surface area contributed by atoms with Crippen LogP contribution in [0.3, 0.4) is 0 Å². The Kier molecular flexibility index (Phi) is 3.75. The van der Waals surface area contributed by atoms with Crippen molar-refractivity contribution in [2.45, 2.75) is 13.5 Å². The minimum atomic E-state index is -1.12. The molecular weight excluding hydrogens is 249 g/mol. The second kappa shape index (κ2) is 5.48. The van der Waals surface area contributed by atoms with Crippen molar-refractivity contribution in [2.24, 2.45) is 0 Å². The molecule has 1 N–H and O–H groups in total. The van der Waals surface area contributed by atoms with E-state index in [0.29, 0.717) is 16.9 Å². The maximum absolute atomic E-state index is 13.3. The smallest absolute Gasteiger partial charge is 0.354 e. The summed E-state index contributed by atoms with van der Waals surface area (Å²) < 4.78 is 18.7. The zero-order chi connectivity index (χ0) is 13.8. The summed E-state index contributed by atoms with van der Waals surface area (Å²) >= 11 is 0. The molecule has 1 aromatic heterocycles. The molecular formula is C14H12FNO3. The third-order valence-corrected chi connectivity index (χ3v) is 2.63. The van der Waals surface area contributed by atoms with Crippen LogP contribution in [0.25, 0.3) is 0 Å². The van der Waals surface area contributed by atoms with Crippen LogP contribution in [0.1, 0.15) is 21.6 Å². The predicted octanol–water partition coefficient (Wildman–Crippen LogP) is 2.81. The summed E-state index contributed by atoms with van der Waals surface area (Å²) in [7, 11) is 0. The van der Waals surface area contributed by atoms with Crippen molar-refractivity contribution >= 4 is 5.97 Å². The fourth-order valence-corrected chi connectivity index (χ4v) is 1.57. The lowest BCUT2D eigenvalue weighted by Crippen LogP contribution is -2.08. The van der Waals surface area contributed by atoms with E-state index in [2.05, 4.69) is 4.98 Å². The first-order valence-corrected chi connectivity index (χ1v) is 5.64. The zero-order valence-corrected chi connectivity index (χ0v) is 10.3. The maximum atomic E-state index is 13.3. The quantitative estimate of drug-likeness (QED) is 0.919. The number of hydrogen-bond donors (Lipinski definition) is 1. The summed E-state index contributed by atoms with van der Waals surface area (Å²) in [6.07, 6.45) is 1.40. The molecule has 0 amide bonds. The van der Waals surface area contributed by atoms with Gasteiger partial charge in [-0.2, -0.15) is 0 Å². The number of benzene rings is 1. The molecule has 2 aromatic rings. The molecule has 0 aliphatic carbocycles. The molecule has 98 valence electrons. The van der Waals surface area contributed by atoms with Gasteiger partial charge in [-0.1, -0.05) is 12.1 Å². The number of hydrogen-bond acceptors (Lipinski definition) is 3. The number of aryl methyl sites for hydroxylation is 1. The Morgan fingerprint density at radius 2 is 2.21 bits per heavy atom. The minimum absolute atomic E-state index is 0.0258. The summed E-state index contributed by atoms with van der Waals surface area (Å²) in [5.74, 6) is -1.13. The van der Waals surface area contributed by atoms with Crippen molar-refractivity contribution in [1.29, 1.82) is 0 Å². The van der Waals surface area contributed by atoms with Crippen molar-refractivity contribution in [3.05, 3.63) is 59.2 Å². The molecule has 0 unspecified atom stereocenters. The second-order valence-electron chi connectivity index (χ2n) is 4.02. The maximum Gasteiger partial charge on any atom is 0.354 e. The molecule has 4 nitrogen and oxygen atoms in total. The Labute approximate surface area is 109 Å². The number of aromatic carboxylic acids is 1. The summed E-state index contributed by atoms with van der Waals surface area (Å²) in [5, 5.41) is 8.97. The molecule has 0 atom stereocenters. The summed E-state index contributed by atoms with van der Waals surface area (Å²) in [5.41, 5.74) is 0.908. The number of rotatable bonds is 4. The van der Waals surface area contributed by atoms with Crippen molar-refractivity contribution < 1.29 is 19.0 Å². The molecule has 0 spiro atoms. The van der Waals surface area contributed by atoms with Gasteiger partial charge in [0, 0.05) is 17.8 Å². The Bertz CT molecular complexity index is 613. The molecule has 2 rings (SSSR count). The van der Waals surface area contributed by atoms with E-state index < -0.39 is 5.97 Å². The predicted molar refractivity (Wildman–Crippen MR) is 66.7 cm³/mol. The molecule has 0 aliphatic rings. The van der Waals surface area contributed by atoms with E-state index in [1.807, 2.05) is 0 Å².